The minimum Gasteiger partial charge on any atom is -0.378 e. The zero-order valence-electron chi connectivity index (χ0n) is 16.8. The van der Waals surface area contributed by atoms with E-state index in [0.29, 0.717) is 5.39 Å². The number of hydrogen-bond donors (Lipinski definition) is 0. The third-order valence-electron chi connectivity index (χ3n) is 5.54. The summed E-state index contributed by atoms with van der Waals surface area (Å²) in [5.74, 6) is 1.06. The molecule has 0 N–H and O–H groups in total. The first-order valence-electron chi connectivity index (χ1n) is 10.1. The monoisotopic (exact) mass is 452 g/mol. The fourth-order valence-electron chi connectivity index (χ4n) is 3.89. The van der Waals surface area contributed by atoms with Crippen molar-refractivity contribution in [3.05, 3.63) is 68.7 Å². The van der Waals surface area contributed by atoms with Gasteiger partial charge in [-0.3, -0.25) is 4.79 Å². The molecule has 5 nitrogen and oxygen atoms in total. The molecule has 0 aliphatic heterocycles. The van der Waals surface area contributed by atoms with Gasteiger partial charge in [-0.25, -0.2) is 4.98 Å². The van der Waals surface area contributed by atoms with Crippen molar-refractivity contribution in [2.75, 3.05) is 19.0 Å². The van der Waals surface area contributed by atoms with E-state index in [4.69, 9.17) is 4.98 Å². The second-order valence-corrected chi connectivity index (χ2v) is 8.73. The Bertz CT molecular complexity index is 1100. The van der Waals surface area contributed by atoms with Crippen LogP contribution in [0.5, 0.6) is 0 Å². The smallest absolute Gasteiger partial charge is 0.282 e. The fraction of sp³-hybridized carbons (Fsp3) is 0.348. The van der Waals surface area contributed by atoms with Crippen molar-refractivity contribution >= 4 is 38.7 Å². The number of fused-ring (bicyclic) bond motifs is 1. The summed E-state index contributed by atoms with van der Waals surface area (Å²) < 4.78 is 2.38. The van der Waals surface area contributed by atoms with Gasteiger partial charge in [-0.2, -0.15) is 9.78 Å². The molecule has 150 valence electrons. The Morgan fingerprint density at radius 3 is 2.52 bits per heavy atom. The van der Waals surface area contributed by atoms with Gasteiger partial charge in [-0.1, -0.05) is 47.3 Å². The third-order valence-corrected chi connectivity index (χ3v) is 6.03. The molecule has 6 heteroatoms. The average Bonchev–Trinajstić information content (AvgIpc) is 2.74. The van der Waals surface area contributed by atoms with Gasteiger partial charge in [0.2, 0.25) is 0 Å². The maximum absolute atomic E-state index is 13.3. The molecule has 1 saturated carbocycles. The molecule has 1 fully saturated rings. The first-order chi connectivity index (χ1) is 14.0. The molecule has 3 aromatic rings. The highest BCUT2D eigenvalue weighted by Crippen LogP contribution is 2.32. The molecule has 0 amide bonds. The quantitative estimate of drug-likeness (QED) is 0.513. The molecule has 0 unspecified atom stereocenters. The van der Waals surface area contributed by atoms with Crippen LogP contribution >= 0.6 is 15.9 Å². The van der Waals surface area contributed by atoms with Gasteiger partial charge in [0, 0.05) is 30.2 Å². The van der Waals surface area contributed by atoms with Gasteiger partial charge in [0.05, 0.1) is 17.1 Å². The van der Waals surface area contributed by atoms with E-state index in [0.717, 1.165) is 39.9 Å². The number of nitrogens with zero attached hydrogens (tertiary/aromatic N) is 4. The van der Waals surface area contributed by atoms with Crippen LogP contribution in [-0.2, 0) is 0 Å². The van der Waals surface area contributed by atoms with Crippen LogP contribution in [0.1, 0.15) is 49.4 Å². The van der Waals surface area contributed by atoms with Gasteiger partial charge in [0.15, 0.2) is 0 Å². The van der Waals surface area contributed by atoms with Gasteiger partial charge in [-0.15, -0.1) is 0 Å². The van der Waals surface area contributed by atoms with Gasteiger partial charge < -0.3 is 4.90 Å². The van der Waals surface area contributed by atoms with Crippen LogP contribution in [0.25, 0.3) is 10.9 Å². The molecular weight excluding hydrogens is 428 g/mol. The molecule has 0 bridgehead atoms. The minimum atomic E-state index is -0.113. The Morgan fingerprint density at radius 1 is 1.10 bits per heavy atom. The highest BCUT2D eigenvalue weighted by molar-refractivity contribution is 9.10. The Labute approximate surface area is 179 Å². The van der Waals surface area contributed by atoms with Crippen LogP contribution in [0.4, 0.5) is 5.69 Å². The maximum atomic E-state index is 13.3. The summed E-state index contributed by atoms with van der Waals surface area (Å²) >= 11 is 3.46. The molecule has 0 atom stereocenters. The highest BCUT2D eigenvalue weighted by atomic mass is 79.9. The van der Waals surface area contributed by atoms with Crippen LogP contribution in [0.15, 0.2) is 56.8 Å². The summed E-state index contributed by atoms with van der Waals surface area (Å²) in [6, 6.07) is 13.8. The summed E-state index contributed by atoms with van der Waals surface area (Å²) in [5, 5.41) is 5.18. The number of anilines is 1. The van der Waals surface area contributed by atoms with Crippen molar-refractivity contribution < 1.29 is 0 Å². The largest absolute Gasteiger partial charge is 0.378 e. The summed E-state index contributed by atoms with van der Waals surface area (Å²) in [4.78, 5) is 20.2. The van der Waals surface area contributed by atoms with Gasteiger partial charge >= 0.3 is 0 Å². The molecule has 2 aromatic carbocycles. The molecule has 1 aliphatic rings. The van der Waals surface area contributed by atoms with Crippen molar-refractivity contribution in [1.29, 1.82) is 0 Å². The second kappa shape index (κ2) is 8.49. The predicted octanol–water partition coefficient (Wildman–Crippen LogP) is 5.15. The minimum absolute atomic E-state index is 0.113. The normalized spacial score (nSPS) is 15.3. The number of halogens is 1. The SMILES string of the molecule is CN(C)c1ccc(C=Nn2c(C3CCCCC3)nc3ccc(Br)cc3c2=O)cc1. The molecule has 1 aromatic heterocycles. The fourth-order valence-corrected chi connectivity index (χ4v) is 4.25. The summed E-state index contributed by atoms with van der Waals surface area (Å²) in [5.41, 5.74) is 2.70. The topological polar surface area (TPSA) is 50.5 Å². The van der Waals surface area contributed by atoms with Gasteiger partial charge in [0.1, 0.15) is 5.82 Å². The summed E-state index contributed by atoms with van der Waals surface area (Å²) in [6.07, 6.45) is 7.47. The molecule has 0 saturated heterocycles. The number of benzene rings is 2. The summed E-state index contributed by atoms with van der Waals surface area (Å²) in [7, 11) is 4.02. The lowest BCUT2D eigenvalue weighted by Gasteiger charge is -2.22. The molecule has 1 aliphatic carbocycles. The van der Waals surface area contributed by atoms with E-state index < -0.39 is 0 Å². The number of rotatable bonds is 4. The molecule has 0 spiro atoms. The lowest BCUT2D eigenvalue weighted by molar-refractivity contribution is 0.416. The molecule has 4 rings (SSSR count). The van der Waals surface area contributed by atoms with E-state index >= 15 is 0 Å². The molecule has 1 heterocycles. The first-order valence-corrected chi connectivity index (χ1v) is 10.9. The maximum Gasteiger partial charge on any atom is 0.282 e. The first kappa shape index (κ1) is 19.8. The summed E-state index contributed by atoms with van der Waals surface area (Å²) in [6.45, 7) is 0. The average molecular weight is 453 g/mol. The lowest BCUT2D eigenvalue weighted by Crippen LogP contribution is -2.25. The predicted molar refractivity (Wildman–Crippen MR) is 123 cm³/mol. The van der Waals surface area contributed by atoms with Crippen molar-refractivity contribution in [2.24, 2.45) is 5.10 Å². The Kier molecular flexibility index (Phi) is 5.81. The van der Waals surface area contributed by atoms with Gasteiger partial charge in [0.25, 0.3) is 5.56 Å². The number of aromatic nitrogens is 2. The lowest BCUT2D eigenvalue weighted by atomic mass is 9.88. The Morgan fingerprint density at radius 2 is 1.83 bits per heavy atom. The van der Waals surface area contributed by atoms with E-state index in [1.54, 1.807) is 6.21 Å². The van der Waals surface area contributed by atoms with Crippen molar-refractivity contribution in [3.8, 4) is 0 Å². The zero-order valence-corrected chi connectivity index (χ0v) is 18.4. The van der Waals surface area contributed by atoms with Crippen LogP contribution < -0.4 is 10.5 Å². The third kappa shape index (κ3) is 4.27. The molecular formula is C23H25BrN4O. The van der Waals surface area contributed by atoms with E-state index in [-0.39, 0.29) is 11.5 Å². The number of hydrogen-bond acceptors (Lipinski definition) is 4. The van der Waals surface area contributed by atoms with Crippen molar-refractivity contribution in [3.63, 3.8) is 0 Å². The zero-order chi connectivity index (χ0) is 20.4. The van der Waals surface area contributed by atoms with Crippen molar-refractivity contribution in [2.45, 2.75) is 38.0 Å². The van der Waals surface area contributed by atoms with Crippen LogP contribution in [-0.4, -0.2) is 30.0 Å². The standard InChI is InChI=1S/C23H25BrN4O/c1-27(2)19-11-8-16(9-12-19)15-25-28-22(17-6-4-3-5-7-17)26-21-13-10-18(24)14-20(21)23(28)29/h8-15,17H,3-7H2,1-2H3. The highest BCUT2D eigenvalue weighted by Gasteiger charge is 2.22. The second-order valence-electron chi connectivity index (χ2n) is 7.81. The molecule has 0 radical (unpaired) electrons. The van der Waals surface area contributed by atoms with E-state index in [2.05, 4.69) is 25.9 Å². The Balaban J connectivity index is 1.79. The van der Waals surface area contributed by atoms with Gasteiger partial charge in [-0.05, 0) is 48.7 Å². The van der Waals surface area contributed by atoms with Crippen molar-refractivity contribution in [1.82, 2.24) is 9.66 Å². The Hall–Kier alpha value is -2.47. The van der Waals surface area contributed by atoms with Crippen LogP contribution in [0.3, 0.4) is 0 Å². The van der Waals surface area contributed by atoms with E-state index in [9.17, 15) is 4.79 Å². The van der Waals surface area contributed by atoms with E-state index in [1.165, 1.54) is 23.9 Å². The van der Waals surface area contributed by atoms with Crippen LogP contribution in [0, 0.1) is 0 Å². The van der Waals surface area contributed by atoms with E-state index in [1.807, 2.05) is 56.6 Å². The van der Waals surface area contributed by atoms with Crippen LogP contribution in [0.2, 0.25) is 0 Å². The molecule has 29 heavy (non-hydrogen) atoms.